The molecule has 2 heterocycles. The van der Waals surface area contributed by atoms with Crippen LogP contribution in [0.3, 0.4) is 0 Å². The van der Waals surface area contributed by atoms with Gasteiger partial charge >= 0.3 is 18.1 Å². The van der Waals surface area contributed by atoms with E-state index in [0.29, 0.717) is 36.8 Å². The lowest BCUT2D eigenvalue weighted by Gasteiger charge is -2.25. The van der Waals surface area contributed by atoms with E-state index in [4.69, 9.17) is 34.5 Å². The van der Waals surface area contributed by atoms with Gasteiger partial charge in [0.25, 0.3) is 0 Å². The molecule has 0 aliphatic heterocycles. The van der Waals surface area contributed by atoms with Crippen LogP contribution in [0.2, 0.25) is 0 Å². The third-order valence-corrected chi connectivity index (χ3v) is 10.7. The number of methoxy groups -OCH3 is 2. The van der Waals surface area contributed by atoms with Crippen LogP contribution in [0.1, 0.15) is 59.1 Å². The molecule has 2 saturated carbocycles. The number of nitrogen functional groups attached to an aromatic ring is 1. The number of halogens is 3. The Hall–Kier alpha value is -5.66. The average molecular weight is 775 g/mol. The number of carbonyl (C=O) groups is 3. The molecule has 56 heavy (non-hydrogen) atoms. The van der Waals surface area contributed by atoms with E-state index >= 15 is 0 Å². The molecule has 0 radical (unpaired) electrons. The first-order chi connectivity index (χ1) is 26.9. The van der Waals surface area contributed by atoms with Gasteiger partial charge in [-0.2, -0.15) is 13.2 Å². The monoisotopic (exact) mass is 774 g/mol. The number of carbonyl (C=O) groups excluding carboxylic acids is 3. The second kappa shape index (κ2) is 17.0. The smallest absolute Gasteiger partial charge is 0.446 e. The van der Waals surface area contributed by atoms with E-state index in [1.54, 1.807) is 14.2 Å². The van der Waals surface area contributed by atoms with Gasteiger partial charge in [-0.05, 0) is 108 Å². The Balaban J connectivity index is 0.000000198. The lowest BCUT2D eigenvalue weighted by molar-refractivity contribution is -0.156. The SMILES string of the molecule is CCOC(=O)[C@H]1[C@@H]2Cc3cc(N(Cc4ccc(OC)cc4)Cc4ccc(OC)cc4)ncc3[C@@H]21.CCOC(=O)[C@H]1[C@@H]2Cc3cc(N)ncc3[C@@H]21.O=CC(F)(F)F. The number of aldehydes is 1. The summed E-state index contributed by atoms with van der Waals surface area (Å²) in [4.78, 5) is 43.8. The summed E-state index contributed by atoms with van der Waals surface area (Å²) in [5.41, 5.74) is 12.9. The minimum absolute atomic E-state index is 0.00908. The van der Waals surface area contributed by atoms with E-state index < -0.39 is 12.5 Å². The predicted molar refractivity (Wildman–Crippen MR) is 201 cm³/mol. The number of fused-ring (bicyclic) bond motifs is 6. The summed E-state index contributed by atoms with van der Waals surface area (Å²) in [7, 11) is 3.35. The van der Waals surface area contributed by atoms with E-state index in [9.17, 15) is 22.8 Å². The predicted octanol–water partition coefficient (Wildman–Crippen LogP) is 6.61. The van der Waals surface area contributed by atoms with Crippen LogP contribution >= 0.6 is 0 Å². The fraction of sp³-hybridized carbons (Fsp3) is 0.405. The first-order valence-electron chi connectivity index (χ1n) is 18.5. The van der Waals surface area contributed by atoms with Crippen molar-refractivity contribution < 1.29 is 46.5 Å². The third-order valence-electron chi connectivity index (χ3n) is 10.7. The molecule has 2 aromatic carbocycles. The number of aromatic nitrogens is 2. The van der Waals surface area contributed by atoms with Gasteiger partial charge in [0.1, 0.15) is 23.1 Å². The second-order valence-corrected chi connectivity index (χ2v) is 14.1. The lowest BCUT2D eigenvalue weighted by Crippen LogP contribution is -2.23. The van der Waals surface area contributed by atoms with Gasteiger partial charge in [0.15, 0.2) is 0 Å². The largest absolute Gasteiger partial charge is 0.497 e. The Morgan fingerprint density at radius 2 is 1.20 bits per heavy atom. The van der Waals surface area contributed by atoms with Crippen LogP contribution in [0.25, 0.3) is 0 Å². The Labute approximate surface area is 323 Å². The van der Waals surface area contributed by atoms with Gasteiger partial charge in [-0.1, -0.05) is 24.3 Å². The van der Waals surface area contributed by atoms with Crippen molar-refractivity contribution >= 4 is 29.9 Å². The summed E-state index contributed by atoms with van der Waals surface area (Å²) in [6, 6.07) is 20.4. The molecule has 11 nitrogen and oxygen atoms in total. The fourth-order valence-corrected chi connectivity index (χ4v) is 8.00. The summed E-state index contributed by atoms with van der Waals surface area (Å²) in [6.45, 7) is 6.04. The first kappa shape index (κ1) is 40.0. The van der Waals surface area contributed by atoms with Gasteiger partial charge in [-0.15, -0.1) is 0 Å². The van der Waals surface area contributed by atoms with Crippen molar-refractivity contribution in [3.8, 4) is 11.5 Å². The highest BCUT2D eigenvalue weighted by molar-refractivity contribution is 5.80. The Morgan fingerprint density at radius 1 is 0.768 bits per heavy atom. The number of alkyl halides is 3. The Morgan fingerprint density at radius 3 is 1.61 bits per heavy atom. The lowest BCUT2D eigenvalue weighted by atomic mass is 10.0. The molecular formula is C42H45F3N4O7. The van der Waals surface area contributed by atoms with Crippen molar-refractivity contribution in [2.24, 2.45) is 23.7 Å². The van der Waals surface area contributed by atoms with Crippen LogP contribution in [-0.4, -0.2) is 61.8 Å². The standard InChI is InChI=1S/C28H30N2O4.C12H14N2O2.C2HF3O/c1-4-34-28(31)27-23-13-20-14-25(29-15-24(20)26(23)27)30(16-18-5-9-21(32-2)10-6-18)17-19-7-11-22(33-3)12-8-19;1-2-16-12(15)11-7-3-6-4-9(13)14-5-8(6)10(7)11;3-2(4,5)1-6/h5-12,14-15,23,26-27H,4,13,16-17H2,1-3H3;4-5,7,10-11H,2-3H2,1H3,(H2,13,14);1H/t23-,26-,27+;7-,10-,11+;/m11./s1. The zero-order valence-corrected chi connectivity index (χ0v) is 31.6. The van der Waals surface area contributed by atoms with Crippen LogP contribution in [-0.2, 0) is 49.8 Å². The van der Waals surface area contributed by atoms with Crippen molar-refractivity contribution in [1.29, 1.82) is 0 Å². The molecule has 2 N–H and O–H groups in total. The number of ether oxygens (including phenoxy) is 4. The third kappa shape index (κ3) is 9.06. The van der Waals surface area contributed by atoms with Gasteiger partial charge in [-0.25, -0.2) is 9.97 Å². The number of benzene rings is 2. The van der Waals surface area contributed by atoms with E-state index in [1.165, 1.54) is 33.4 Å². The second-order valence-electron chi connectivity index (χ2n) is 14.1. The first-order valence-corrected chi connectivity index (χ1v) is 18.5. The van der Waals surface area contributed by atoms with Crippen molar-refractivity contribution in [2.45, 2.75) is 57.8 Å². The minimum Gasteiger partial charge on any atom is -0.497 e. The summed E-state index contributed by atoms with van der Waals surface area (Å²) < 4.78 is 52.2. The van der Waals surface area contributed by atoms with E-state index in [-0.39, 0.29) is 29.7 Å². The molecule has 0 bridgehead atoms. The van der Waals surface area contributed by atoms with Crippen LogP contribution < -0.4 is 20.1 Å². The molecule has 296 valence electrons. The molecule has 8 rings (SSSR count). The maximum absolute atomic E-state index is 12.2. The molecular weight excluding hydrogens is 729 g/mol. The molecule has 0 spiro atoms. The molecule has 0 unspecified atom stereocenters. The number of esters is 2. The van der Waals surface area contributed by atoms with Crippen molar-refractivity contribution in [1.82, 2.24) is 9.97 Å². The van der Waals surface area contributed by atoms with Crippen LogP contribution in [0.5, 0.6) is 11.5 Å². The van der Waals surface area contributed by atoms with Crippen LogP contribution in [0.15, 0.2) is 73.1 Å². The van der Waals surface area contributed by atoms with Crippen molar-refractivity contribution in [2.75, 3.05) is 38.1 Å². The molecule has 2 aromatic heterocycles. The minimum atomic E-state index is -4.64. The number of hydrogen-bond acceptors (Lipinski definition) is 11. The molecule has 6 atom stereocenters. The molecule has 0 saturated heterocycles. The molecule has 2 fully saturated rings. The summed E-state index contributed by atoms with van der Waals surface area (Å²) >= 11 is 0. The molecule has 4 aliphatic carbocycles. The van der Waals surface area contributed by atoms with Gasteiger partial charge < -0.3 is 29.6 Å². The Bertz CT molecular complexity index is 1980. The number of anilines is 2. The normalized spacial score (nSPS) is 21.6. The fourth-order valence-electron chi connectivity index (χ4n) is 8.00. The van der Waals surface area contributed by atoms with Gasteiger partial charge in [0, 0.05) is 37.3 Å². The molecule has 0 amide bonds. The number of hydrogen-bond donors (Lipinski definition) is 1. The highest BCUT2D eigenvalue weighted by Crippen LogP contribution is 2.62. The zero-order valence-electron chi connectivity index (χ0n) is 31.6. The van der Waals surface area contributed by atoms with E-state index in [2.05, 4.69) is 40.2 Å². The zero-order chi connectivity index (χ0) is 40.1. The van der Waals surface area contributed by atoms with Crippen molar-refractivity contribution in [3.63, 3.8) is 0 Å². The quantitative estimate of drug-likeness (QED) is 0.130. The number of pyridine rings is 2. The van der Waals surface area contributed by atoms with Crippen LogP contribution in [0.4, 0.5) is 24.8 Å². The highest BCUT2D eigenvalue weighted by Gasteiger charge is 2.61. The maximum atomic E-state index is 12.2. The number of nitrogens with zero attached hydrogens (tertiary/aromatic N) is 3. The average Bonchev–Trinajstić information content (AvgIpc) is 4.00. The summed E-state index contributed by atoms with van der Waals surface area (Å²) in [5.74, 6) is 4.55. The van der Waals surface area contributed by atoms with E-state index in [1.807, 2.05) is 56.6 Å². The maximum Gasteiger partial charge on any atom is 0.446 e. The Kier molecular flexibility index (Phi) is 12.2. The number of nitrogens with two attached hydrogens (primary N) is 1. The van der Waals surface area contributed by atoms with E-state index in [0.717, 1.165) is 43.2 Å². The topological polar surface area (TPSA) is 143 Å². The number of rotatable bonds is 11. The molecule has 4 aromatic rings. The van der Waals surface area contributed by atoms with Crippen LogP contribution in [0, 0.1) is 23.7 Å². The molecule has 14 heteroatoms. The molecule has 4 aliphatic rings. The summed E-state index contributed by atoms with van der Waals surface area (Å²) in [5, 5.41) is 0. The van der Waals surface area contributed by atoms with Gasteiger partial charge in [0.2, 0.25) is 6.29 Å². The van der Waals surface area contributed by atoms with Crippen molar-refractivity contribution in [3.05, 3.63) is 106 Å². The van der Waals surface area contributed by atoms with Gasteiger partial charge in [0.05, 0.1) is 39.3 Å². The van der Waals surface area contributed by atoms with Gasteiger partial charge in [-0.3, -0.25) is 14.4 Å². The highest BCUT2D eigenvalue weighted by atomic mass is 19.4. The summed E-state index contributed by atoms with van der Waals surface area (Å²) in [6.07, 6.45) is -0.0563.